The molecule has 0 saturated carbocycles. The van der Waals surface area contributed by atoms with Crippen LogP contribution in [0.15, 0.2) is 22.7 Å². The molecule has 0 bridgehead atoms. The molecule has 0 unspecified atom stereocenters. The first-order valence-electron chi connectivity index (χ1n) is 5.12. The van der Waals surface area contributed by atoms with E-state index in [4.69, 9.17) is 4.74 Å². The maximum absolute atomic E-state index is 12.0. The third kappa shape index (κ3) is 2.41. The standard InChI is InChI=1S/C12H10Br2O2S/c1-2-16-12(15)10-7-4-3-5-8(14)11(7)17-9(10)6-13/h3-5H,2,6H2,1H3. The summed E-state index contributed by atoms with van der Waals surface area (Å²) in [6.07, 6.45) is 0. The van der Waals surface area contributed by atoms with E-state index in [1.54, 1.807) is 11.3 Å². The van der Waals surface area contributed by atoms with Crippen LogP contribution >= 0.6 is 43.2 Å². The highest BCUT2D eigenvalue weighted by atomic mass is 79.9. The number of hydrogen-bond acceptors (Lipinski definition) is 3. The maximum Gasteiger partial charge on any atom is 0.339 e. The Morgan fingerprint density at radius 3 is 2.88 bits per heavy atom. The number of halogens is 2. The van der Waals surface area contributed by atoms with Crippen molar-refractivity contribution >= 4 is 59.3 Å². The molecule has 2 aromatic rings. The van der Waals surface area contributed by atoms with E-state index in [1.165, 1.54) is 0 Å². The summed E-state index contributed by atoms with van der Waals surface area (Å²) in [7, 11) is 0. The number of ether oxygens (including phenoxy) is 1. The lowest BCUT2D eigenvalue weighted by Crippen LogP contribution is -2.05. The van der Waals surface area contributed by atoms with E-state index in [0.29, 0.717) is 17.5 Å². The Morgan fingerprint density at radius 1 is 1.47 bits per heavy atom. The summed E-state index contributed by atoms with van der Waals surface area (Å²) in [5.74, 6) is -0.244. The van der Waals surface area contributed by atoms with Gasteiger partial charge in [-0.1, -0.05) is 28.1 Å². The summed E-state index contributed by atoms with van der Waals surface area (Å²) < 4.78 is 7.21. The van der Waals surface area contributed by atoms with Gasteiger partial charge >= 0.3 is 5.97 Å². The van der Waals surface area contributed by atoms with E-state index in [9.17, 15) is 4.79 Å². The number of thiophene rings is 1. The molecule has 17 heavy (non-hydrogen) atoms. The molecule has 0 saturated heterocycles. The Hall–Kier alpha value is -0.390. The lowest BCUT2D eigenvalue weighted by atomic mass is 10.1. The third-order valence-electron chi connectivity index (χ3n) is 2.34. The molecule has 5 heteroatoms. The average molecular weight is 378 g/mol. The van der Waals surface area contributed by atoms with E-state index in [1.807, 2.05) is 25.1 Å². The molecule has 0 spiro atoms. The van der Waals surface area contributed by atoms with Crippen LogP contribution in [0.1, 0.15) is 22.2 Å². The van der Waals surface area contributed by atoms with Gasteiger partial charge in [-0.25, -0.2) is 4.79 Å². The van der Waals surface area contributed by atoms with Crippen molar-refractivity contribution in [3.05, 3.63) is 33.1 Å². The van der Waals surface area contributed by atoms with Gasteiger partial charge in [0.25, 0.3) is 0 Å². The maximum atomic E-state index is 12.0. The van der Waals surface area contributed by atoms with Crippen LogP contribution in [0.25, 0.3) is 10.1 Å². The molecular formula is C12H10Br2O2S. The first-order valence-corrected chi connectivity index (χ1v) is 7.85. The topological polar surface area (TPSA) is 26.3 Å². The van der Waals surface area contributed by atoms with Gasteiger partial charge < -0.3 is 4.74 Å². The van der Waals surface area contributed by atoms with Crippen molar-refractivity contribution in [2.24, 2.45) is 0 Å². The number of carbonyl (C=O) groups excluding carboxylic acids is 1. The van der Waals surface area contributed by atoms with Crippen LogP contribution in [-0.4, -0.2) is 12.6 Å². The number of alkyl halides is 1. The average Bonchev–Trinajstić information content (AvgIpc) is 2.69. The van der Waals surface area contributed by atoms with Gasteiger partial charge in [-0.05, 0) is 28.9 Å². The molecule has 90 valence electrons. The zero-order valence-corrected chi connectivity index (χ0v) is 13.1. The highest BCUT2D eigenvalue weighted by molar-refractivity contribution is 9.10. The molecule has 2 rings (SSSR count). The number of carbonyl (C=O) groups is 1. The van der Waals surface area contributed by atoms with Crippen molar-refractivity contribution in [3.63, 3.8) is 0 Å². The zero-order chi connectivity index (χ0) is 12.4. The first kappa shape index (κ1) is 13.1. The quantitative estimate of drug-likeness (QED) is 0.570. The SMILES string of the molecule is CCOC(=O)c1c(CBr)sc2c(Br)cccc12. The lowest BCUT2D eigenvalue weighted by molar-refractivity contribution is 0.0528. The zero-order valence-electron chi connectivity index (χ0n) is 9.13. The monoisotopic (exact) mass is 376 g/mol. The molecule has 0 amide bonds. The second-order valence-corrected chi connectivity index (χ2v) is 5.89. The molecule has 1 aromatic heterocycles. The Kier molecular flexibility index (Phi) is 4.22. The summed E-state index contributed by atoms with van der Waals surface area (Å²) in [6.45, 7) is 2.21. The third-order valence-corrected chi connectivity index (χ3v) is 5.44. The van der Waals surface area contributed by atoms with Crippen LogP contribution in [0.2, 0.25) is 0 Å². The Balaban J connectivity index is 2.67. The molecule has 0 aliphatic heterocycles. The number of benzene rings is 1. The van der Waals surface area contributed by atoms with E-state index in [0.717, 1.165) is 19.4 Å². The minimum absolute atomic E-state index is 0.244. The summed E-state index contributed by atoms with van der Waals surface area (Å²) >= 11 is 8.53. The van der Waals surface area contributed by atoms with Gasteiger partial charge in [0.2, 0.25) is 0 Å². The minimum Gasteiger partial charge on any atom is -0.462 e. The second-order valence-electron chi connectivity index (χ2n) is 3.37. The fourth-order valence-electron chi connectivity index (χ4n) is 1.66. The van der Waals surface area contributed by atoms with Gasteiger partial charge in [-0.3, -0.25) is 0 Å². The van der Waals surface area contributed by atoms with E-state index >= 15 is 0 Å². The van der Waals surface area contributed by atoms with Crippen molar-refractivity contribution in [2.75, 3.05) is 6.61 Å². The summed E-state index contributed by atoms with van der Waals surface area (Å²) in [5.41, 5.74) is 0.685. The molecular weight excluding hydrogens is 368 g/mol. The molecule has 0 aliphatic rings. The molecule has 0 aliphatic carbocycles. The summed E-state index contributed by atoms with van der Waals surface area (Å²) in [5, 5.41) is 1.62. The fraction of sp³-hybridized carbons (Fsp3) is 0.250. The summed E-state index contributed by atoms with van der Waals surface area (Å²) in [4.78, 5) is 13.0. The van der Waals surface area contributed by atoms with Crippen LogP contribution in [0.5, 0.6) is 0 Å². The molecule has 0 fully saturated rings. The van der Waals surface area contributed by atoms with Gasteiger partial charge in [0.15, 0.2) is 0 Å². The van der Waals surface area contributed by atoms with Gasteiger partial charge in [-0.15, -0.1) is 11.3 Å². The normalized spacial score (nSPS) is 10.8. The molecule has 0 atom stereocenters. The van der Waals surface area contributed by atoms with Gasteiger partial charge in [0.05, 0.1) is 12.2 Å². The van der Waals surface area contributed by atoms with E-state index in [-0.39, 0.29) is 5.97 Å². The van der Waals surface area contributed by atoms with E-state index in [2.05, 4.69) is 31.9 Å². The van der Waals surface area contributed by atoms with Gasteiger partial charge in [0, 0.05) is 24.8 Å². The van der Waals surface area contributed by atoms with Crippen molar-refractivity contribution in [1.29, 1.82) is 0 Å². The molecule has 0 N–H and O–H groups in total. The van der Waals surface area contributed by atoms with Crippen molar-refractivity contribution in [1.82, 2.24) is 0 Å². The number of rotatable bonds is 3. The highest BCUT2D eigenvalue weighted by Crippen LogP contribution is 2.37. The number of hydrogen-bond donors (Lipinski definition) is 0. The largest absolute Gasteiger partial charge is 0.462 e. The molecule has 0 radical (unpaired) electrons. The van der Waals surface area contributed by atoms with Gasteiger partial charge in [-0.2, -0.15) is 0 Å². The van der Waals surface area contributed by atoms with Gasteiger partial charge in [0.1, 0.15) is 0 Å². The van der Waals surface area contributed by atoms with Crippen molar-refractivity contribution in [3.8, 4) is 0 Å². The lowest BCUT2D eigenvalue weighted by Gasteiger charge is -2.02. The van der Waals surface area contributed by atoms with Crippen LogP contribution in [0.4, 0.5) is 0 Å². The molecule has 2 nitrogen and oxygen atoms in total. The van der Waals surface area contributed by atoms with Crippen LogP contribution in [0, 0.1) is 0 Å². The predicted molar refractivity (Wildman–Crippen MR) is 78.1 cm³/mol. The van der Waals surface area contributed by atoms with E-state index < -0.39 is 0 Å². The first-order chi connectivity index (χ1) is 8.19. The number of esters is 1. The Morgan fingerprint density at radius 2 is 2.24 bits per heavy atom. The van der Waals surface area contributed by atoms with Crippen LogP contribution in [-0.2, 0) is 10.1 Å². The Bertz CT molecular complexity index is 563. The smallest absolute Gasteiger partial charge is 0.339 e. The predicted octanol–water partition coefficient (Wildman–Crippen LogP) is 4.74. The van der Waals surface area contributed by atoms with Crippen LogP contribution < -0.4 is 0 Å². The molecule has 1 aromatic carbocycles. The van der Waals surface area contributed by atoms with Crippen molar-refractivity contribution in [2.45, 2.75) is 12.3 Å². The number of fused-ring (bicyclic) bond motifs is 1. The molecule has 1 heterocycles. The highest BCUT2D eigenvalue weighted by Gasteiger charge is 2.20. The van der Waals surface area contributed by atoms with Crippen molar-refractivity contribution < 1.29 is 9.53 Å². The second kappa shape index (κ2) is 5.50. The minimum atomic E-state index is -0.244. The summed E-state index contributed by atoms with van der Waals surface area (Å²) in [6, 6.07) is 5.86. The fourth-order valence-corrected chi connectivity index (χ4v) is 3.93. The van der Waals surface area contributed by atoms with Crippen LogP contribution in [0.3, 0.4) is 0 Å². The Labute approximate surface area is 120 Å².